The maximum absolute atomic E-state index is 15.7. The van der Waals surface area contributed by atoms with Crippen molar-refractivity contribution in [3.8, 4) is 0 Å². The molecule has 0 unspecified atom stereocenters. The number of aromatic nitrogens is 1. The van der Waals surface area contributed by atoms with Gasteiger partial charge in [-0.1, -0.05) is 18.2 Å². The predicted octanol–water partition coefficient (Wildman–Crippen LogP) is 6.11. The topological polar surface area (TPSA) is 45.3 Å². The molecule has 0 saturated heterocycles. The number of fused-ring (bicyclic) bond motifs is 3. The van der Waals surface area contributed by atoms with Crippen LogP contribution in [0.25, 0.3) is 17.0 Å². The summed E-state index contributed by atoms with van der Waals surface area (Å²) >= 11 is 1.84. The van der Waals surface area contributed by atoms with Crippen LogP contribution in [0.5, 0.6) is 0 Å². The van der Waals surface area contributed by atoms with Gasteiger partial charge in [-0.3, -0.25) is 4.90 Å². The van der Waals surface area contributed by atoms with Crippen LogP contribution in [0.15, 0.2) is 42.5 Å². The highest BCUT2D eigenvalue weighted by atomic mass is 32.2. The summed E-state index contributed by atoms with van der Waals surface area (Å²) in [6.45, 7) is 2.97. The van der Waals surface area contributed by atoms with Crippen LogP contribution in [0.4, 0.5) is 8.78 Å². The maximum Gasteiger partial charge on any atom is 0.330 e. The van der Waals surface area contributed by atoms with Crippen LogP contribution in [-0.2, 0) is 16.0 Å². The molecule has 2 aromatic carbocycles. The minimum absolute atomic E-state index is 0.0551. The van der Waals surface area contributed by atoms with Crippen molar-refractivity contribution in [2.24, 2.45) is 5.41 Å². The third-order valence-corrected chi connectivity index (χ3v) is 8.33. The number of carbonyl (C=O) groups is 1. The molecule has 1 aromatic heterocycles. The molecule has 1 N–H and O–H groups in total. The van der Waals surface area contributed by atoms with Crippen molar-refractivity contribution in [1.29, 1.82) is 0 Å². The highest BCUT2D eigenvalue weighted by Gasteiger charge is 2.48. The molecule has 1 saturated carbocycles. The number of H-pyrrole nitrogens is 1. The zero-order valence-corrected chi connectivity index (χ0v) is 21.1. The smallest absolute Gasteiger partial charge is 0.330 e. The first-order chi connectivity index (χ1) is 16.9. The SMILES string of the molecule is COC(=O)/C=C/c1cc(F)c([C@@H]2c3[nH]c4ccccc4c3C[C@@H](C)N2CC2(CSC)CC2)c(F)c1. The van der Waals surface area contributed by atoms with Gasteiger partial charge in [-0.15, -0.1) is 0 Å². The third kappa shape index (κ3) is 4.52. The number of rotatable bonds is 7. The van der Waals surface area contributed by atoms with Gasteiger partial charge in [0, 0.05) is 40.8 Å². The van der Waals surface area contributed by atoms with E-state index in [1.807, 2.05) is 30.0 Å². The molecule has 184 valence electrons. The molecule has 0 spiro atoms. The number of benzene rings is 2. The lowest BCUT2D eigenvalue weighted by Crippen LogP contribution is -2.46. The van der Waals surface area contributed by atoms with Gasteiger partial charge < -0.3 is 9.72 Å². The molecule has 0 radical (unpaired) electrons. The standard InChI is InChI=1S/C28H30F2N2O2S/c1-17-12-20-19-6-4-5-7-23(19)31-26(20)27(32(17)15-28(10-11-28)16-35-3)25-21(29)13-18(14-22(25)30)8-9-24(33)34-2/h4-9,13-14,17,27,31H,10-12,15-16H2,1-3H3/b9-8+/t17-,27-/m1/s1. The minimum Gasteiger partial charge on any atom is -0.466 e. The number of nitrogens with one attached hydrogen (secondary N) is 1. The van der Waals surface area contributed by atoms with Crippen molar-refractivity contribution in [2.75, 3.05) is 25.7 Å². The van der Waals surface area contributed by atoms with Gasteiger partial charge in [-0.05, 0) is 79.0 Å². The Hall–Kier alpha value is -2.64. The molecule has 3 aromatic rings. The van der Waals surface area contributed by atoms with Crippen LogP contribution in [-0.4, -0.2) is 47.6 Å². The van der Waals surface area contributed by atoms with Crippen molar-refractivity contribution in [3.05, 3.63) is 76.5 Å². The van der Waals surface area contributed by atoms with E-state index in [1.165, 1.54) is 25.3 Å². The normalized spacial score (nSPS) is 21.4. The fraction of sp³-hybridized carbons (Fsp3) is 0.393. The van der Waals surface area contributed by atoms with E-state index in [9.17, 15) is 4.79 Å². The second kappa shape index (κ2) is 9.43. The highest BCUT2D eigenvalue weighted by molar-refractivity contribution is 7.98. The van der Waals surface area contributed by atoms with Gasteiger partial charge in [0.2, 0.25) is 0 Å². The third-order valence-electron chi connectivity index (χ3n) is 7.43. The minimum atomic E-state index is -0.613. The number of hydrogen-bond acceptors (Lipinski definition) is 4. The van der Waals surface area contributed by atoms with Gasteiger partial charge in [-0.25, -0.2) is 13.6 Å². The van der Waals surface area contributed by atoms with E-state index in [2.05, 4.69) is 33.9 Å². The average Bonchev–Trinajstić information content (AvgIpc) is 3.50. The van der Waals surface area contributed by atoms with Gasteiger partial charge in [0.1, 0.15) is 11.6 Å². The van der Waals surface area contributed by atoms with E-state index < -0.39 is 23.6 Å². The Bertz CT molecular complexity index is 1270. The molecular weight excluding hydrogens is 466 g/mol. The molecule has 2 aliphatic rings. The zero-order valence-electron chi connectivity index (χ0n) is 20.2. The number of carbonyl (C=O) groups excluding carboxylic acids is 1. The number of aromatic amines is 1. The van der Waals surface area contributed by atoms with Crippen molar-refractivity contribution in [3.63, 3.8) is 0 Å². The van der Waals surface area contributed by atoms with Crippen molar-refractivity contribution < 1.29 is 18.3 Å². The number of hydrogen-bond donors (Lipinski definition) is 1. The first kappa shape index (κ1) is 24.1. The first-order valence-corrected chi connectivity index (χ1v) is 13.3. The molecule has 0 amide bonds. The number of methoxy groups -OCH3 is 1. The summed E-state index contributed by atoms with van der Waals surface area (Å²) in [5.74, 6) is -0.755. The molecule has 1 fully saturated rings. The molecule has 0 bridgehead atoms. The van der Waals surface area contributed by atoms with Gasteiger partial charge in [0.15, 0.2) is 0 Å². The molecule has 1 aliphatic carbocycles. The van der Waals surface area contributed by atoms with E-state index in [4.69, 9.17) is 0 Å². The van der Waals surface area contributed by atoms with Crippen LogP contribution in [0.1, 0.15) is 48.2 Å². The lowest BCUT2D eigenvalue weighted by Gasteiger charge is -2.43. The van der Waals surface area contributed by atoms with Crippen LogP contribution >= 0.6 is 11.8 Å². The number of ether oxygens (including phenoxy) is 1. The number of thioether (sulfide) groups is 1. The quantitative estimate of drug-likeness (QED) is 0.317. The average molecular weight is 497 g/mol. The summed E-state index contributed by atoms with van der Waals surface area (Å²) in [5, 5.41) is 1.11. The molecule has 2 heterocycles. The molecule has 4 nitrogen and oxygen atoms in total. The van der Waals surface area contributed by atoms with E-state index in [-0.39, 0.29) is 22.6 Å². The van der Waals surface area contributed by atoms with E-state index in [0.717, 1.165) is 59.8 Å². The van der Waals surface area contributed by atoms with Gasteiger partial charge >= 0.3 is 5.97 Å². The molecule has 35 heavy (non-hydrogen) atoms. The molecule has 1 aliphatic heterocycles. The van der Waals surface area contributed by atoms with E-state index in [0.29, 0.717) is 0 Å². The van der Waals surface area contributed by atoms with E-state index >= 15 is 8.78 Å². The summed E-state index contributed by atoms with van der Waals surface area (Å²) in [6, 6.07) is 10.2. The fourth-order valence-electron chi connectivity index (χ4n) is 5.48. The van der Waals surface area contributed by atoms with Crippen LogP contribution in [0, 0.1) is 17.0 Å². The van der Waals surface area contributed by atoms with Gasteiger partial charge in [0.05, 0.1) is 13.2 Å². The summed E-state index contributed by atoms with van der Waals surface area (Å²) < 4.78 is 36.0. The molecule has 5 rings (SSSR count). The Balaban J connectivity index is 1.63. The van der Waals surface area contributed by atoms with Gasteiger partial charge in [-0.2, -0.15) is 11.8 Å². The van der Waals surface area contributed by atoms with Gasteiger partial charge in [0.25, 0.3) is 0 Å². The Morgan fingerprint density at radius 3 is 2.63 bits per heavy atom. The summed E-state index contributed by atoms with van der Waals surface area (Å²) in [7, 11) is 1.26. The lowest BCUT2D eigenvalue weighted by molar-refractivity contribution is -0.134. The maximum atomic E-state index is 15.7. The fourth-order valence-corrected chi connectivity index (χ4v) is 6.47. The Labute approximate surface area is 208 Å². The van der Waals surface area contributed by atoms with Crippen LogP contribution in [0.3, 0.4) is 0 Å². The highest BCUT2D eigenvalue weighted by Crippen LogP contribution is 2.52. The van der Waals surface area contributed by atoms with Crippen LogP contribution < -0.4 is 0 Å². The Kier molecular flexibility index (Phi) is 6.49. The summed E-state index contributed by atoms with van der Waals surface area (Å²) in [5.41, 5.74) is 3.53. The molecule has 2 atom stereocenters. The van der Waals surface area contributed by atoms with Crippen molar-refractivity contribution in [1.82, 2.24) is 9.88 Å². The number of nitrogens with zero attached hydrogens (tertiary/aromatic N) is 1. The molecular formula is C28H30F2N2O2S. The Morgan fingerprint density at radius 1 is 1.26 bits per heavy atom. The molecule has 7 heteroatoms. The zero-order chi connectivity index (χ0) is 24.7. The van der Waals surface area contributed by atoms with Crippen LogP contribution in [0.2, 0.25) is 0 Å². The Morgan fingerprint density at radius 2 is 1.97 bits per heavy atom. The summed E-state index contributed by atoms with van der Waals surface area (Å²) in [4.78, 5) is 17.3. The predicted molar refractivity (Wildman–Crippen MR) is 137 cm³/mol. The monoisotopic (exact) mass is 496 g/mol. The largest absolute Gasteiger partial charge is 0.466 e. The van der Waals surface area contributed by atoms with E-state index in [1.54, 1.807) is 0 Å². The first-order valence-electron chi connectivity index (χ1n) is 11.9. The van der Waals surface area contributed by atoms with Crippen molar-refractivity contribution >= 4 is 34.7 Å². The second-order valence-corrected chi connectivity index (χ2v) is 10.7. The summed E-state index contributed by atoms with van der Waals surface area (Å²) in [6.07, 6.45) is 7.77. The number of esters is 1. The number of para-hydroxylation sites is 1. The second-order valence-electron chi connectivity index (χ2n) is 9.88. The lowest BCUT2D eigenvalue weighted by atomic mass is 9.86. The van der Waals surface area contributed by atoms with Crippen molar-refractivity contribution in [2.45, 2.75) is 38.3 Å². The number of halogens is 2.